The molecule has 2 atom stereocenters. The first kappa shape index (κ1) is 23.8. The molecule has 0 radical (unpaired) electrons. The topological polar surface area (TPSA) is 95.9 Å². The van der Waals surface area contributed by atoms with E-state index in [0.29, 0.717) is 6.42 Å². The normalized spacial score (nSPS) is 16.4. The van der Waals surface area contributed by atoms with Gasteiger partial charge in [0.15, 0.2) is 0 Å². The summed E-state index contributed by atoms with van der Waals surface area (Å²) in [6, 6.07) is 14.3. The maximum Gasteiger partial charge on any atom is 0.407 e. The fourth-order valence-corrected chi connectivity index (χ4v) is 4.81. The summed E-state index contributed by atoms with van der Waals surface area (Å²) in [4.78, 5) is 39.1. The van der Waals surface area contributed by atoms with Gasteiger partial charge in [0.2, 0.25) is 5.91 Å². The van der Waals surface area contributed by atoms with Crippen LogP contribution in [0.15, 0.2) is 48.5 Å². The number of fused-ring (bicyclic) bond motifs is 3. The van der Waals surface area contributed by atoms with Gasteiger partial charge in [0.05, 0.1) is 0 Å². The van der Waals surface area contributed by atoms with Gasteiger partial charge in [-0.3, -0.25) is 4.79 Å². The molecule has 1 unspecified atom stereocenters. The lowest BCUT2D eigenvalue weighted by molar-refractivity contribution is -0.151. The molecule has 2 amide bonds. The molecule has 0 spiro atoms. The number of ether oxygens (including phenoxy) is 1. The standard InChI is InChI=1S/C27H32N2O5/c1-16(2)14-24(25(30)29(18-12-13-18)17(3)26(31)32)28-27(33)34-15-23-21-10-6-4-8-19(21)20-9-5-7-11-22(20)23/h4-11,16-18,23-24H,12-15H2,1-3H3,(H,28,33)(H,31,32)/t17?,24-/m1/s1. The van der Waals surface area contributed by atoms with E-state index in [1.54, 1.807) is 0 Å². The van der Waals surface area contributed by atoms with Crippen LogP contribution in [-0.2, 0) is 14.3 Å². The predicted molar refractivity (Wildman–Crippen MR) is 128 cm³/mol. The molecule has 0 heterocycles. The van der Waals surface area contributed by atoms with Gasteiger partial charge >= 0.3 is 12.1 Å². The smallest absolute Gasteiger partial charge is 0.407 e. The number of alkyl carbamates (subject to hydrolysis) is 1. The van der Waals surface area contributed by atoms with Crippen molar-refractivity contribution in [3.05, 3.63) is 59.7 Å². The van der Waals surface area contributed by atoms with Crippen molar-refractivity contribution in [3.8, 4) is 11.1 Å². The van der Waals surface area contributed by atoms with E-state index in [1.807, 2.05) is 50.2 Å². The molecule has 180 valence electrons. The van der Waals surface area contributed by atoms with Crippen LogP contribution in [0.25, 0.3) is 11.1 Å². The van der Waals surface area contributed by atoms with Crippen molar-refractivity contribution in [2.24, 2.45) is 5.92 Å². The molecular weight excluding hydrogens is 432 g/mol. The highest BCUT2D eigenvalue weighted by Gasteiger charge is 2.41. The molecule has 0 aliphatic heterocycles. The number of hydrogen-bond donors (Lipinski definition) is 2. The van der Waals surface area contributed by atoms with Crippen LogP contribution in [0.3, 0.4) is 0 Å². The van der Waals surface area contributed by atoms with E-state index < -0.39 is 24.1 Å². The highest BCUT2D eigenvalue weighted by atomic mass is 16.5. The third-order valence-electron chi connectivity index (χ3n) is 6.61. The lowest BCUT2D eigenvalue weighted by Crippen LogP contribution is -2.54. The summed E-state index contributed by atoms with van der Waals surface area (Å²) in [7, 11) is 0. The highest BCUT2D eigenvalue weighted by molar-refractivity contribution is 5.89. The van der Waals surface area contributed by atoms with E-state index >= 15 is 0 Å². The molecule has 1 saturated carbocycles. The minimum Gasteiger partial charge on any atom is -0.480 e. The summed E-state index contributed by atoms with van der Waals surface area (Å²) >= 11 is 0. The average Bonchev–Trinajstić information content (AvgIpc) is 3.59. The fourth-order valence-electron chi connectivity index (χ4n) is 4.81. The van der Waals surface area contributed by atoms with Crippen molar-refractivity contribution in [2.45, 2.75) is 64.1 Å². The van der Waals surface area contributed by atoms with Gasteiger partial charge in [-0.1, -0.05) is 62.4 Å². The van der Waals surface area contributed by atoms with Crippen molar-refractivity contribution in [3.63, 3.8) is 0 Å². The maximum atomic E-state index is 13.3. The zero-order chi connectivity index (χ0) is 24.4. The predicted octanol–water partition coefficient (Wildman–Crippen LogP) is 4.40. The molecule has 1 fully saturated rings. The zero-order valence-corrected chi connectivity index (χ0v) is 19.9. The molecule has 0 saturated heterocycles. The Balaban J connectivity index is 1.46. The lowest BCUT2D eigenvalue weighted by Gasteiger charge is -2.31. The molecule has 7 nitrogen and oxygen atoms in total. The molecule has 0 aromatic heterocycles. The Morgan fingerprint density at radius 2 is 1.56 bits per heavy atom. The molecule has 0 bridgehead atoms. The first-order chi connectivity index (χ1) is 16.3. The molecule has 2 aromatic carbocycles. The largest absolute Gasteiger partial charge is 0.480 e. The van der Waals surface area contributed by atoms with Crippen LogP contribution in [0, 0.1) is 5.92 Å². The Morgan fingerprint density at radius 3 is 2.06 bits per heavy atom. The molecule has 4 rings (SSSR count). The third-order valence-corrected chi connectivity index (χ3v) is 6.61. The summed E-state index contributed by atoms with van der Waals surface area (Å²) < 4.78 is 5.63. The van der Waals surface area contributed by atoms with E-state index in [2.05, 4.69) is 17.4 Å². The number of carboxylic acid groups (broad SMARTS) is 1. The van der Waals surface area contributed by atoms with Gasteiger partial charge in [-0.05, 0) is 54.4 Å². The Kier molecular flexibility index (Phi) is 6.91. The number of carbonyl (C=O) groups is 3. The number of carbonyl (C=O) groups excluding carboxylic acids is 2. The average molecular weight is 465 g/mol. The van der Waals surface area contributed by atoms with Crippen LogP contribution in [0.5, 0.6) is 0 Å². The van der Waals surface area contributed by atoms with Crippen LogP contribution in [0.4, 0.5) is 4.79 Å². The van der Waals surface area contributed by atoms with Crippen LogP contribution in [0.1, 0.15) is 57.1 Å². The second kappa shape index (κ2) is 9.87. The van der Waals surface area contributed by atoms with Gasteiger partial charge in [-0.2, -0.15) is 0 Å². The van der Waals surface area contributed by atoms with Crippen molar-refractivity contribution in [1.29, 1.82) is 0 Å². The molecule has 7 heteroatoms. The Morgan fingerprint density at radius 1 is 1.00 bits per heavy atom. The van der Waals surface area contributed by atoms with E-state index in [1.165, 1.54) is 11.8 Å². The van der Waals surface area contributed by atoms with Crippen LogP contribution < -0.4 is 5.32 Å². The second-order valence-corrected chi connectivity index (χ2v) is 9.64. The summed E-state index contributed by atoms with van der Waals surface area (Å²) in [5.74, 6) is -1.36. The monoisotopic (exact) mass is 464 g/mol. The summed E-state index contributed by atoms with van der Waals surface area (Å²) in [6.07, 6.45) is 1.30. The summed E-state index contributed by atoms with van der Waals surface area (Å²) in [5.41, 5.74) is 4.51. The van der Waals surface area contributed by atoms with Crippen molar-refractivity contribution in [2.75, 3.05) is 6.61 Å². The van der Waals surface area contributed by atoms with Gasteiger partial charge in [0.25, 0.3) is 0 Å². The number of hydrogen-bond acceptors (Lipinski definition) is 4. The minimum absolute atomic E-state index is 0.0765. The van der Waals surface area contributed by atoms with E-state index in [4.69, 9.17) is 4.74 Å². The summed E-state index contributed by atoms with van der Waals surface area (Å²) in [6.45, 7) is 5.59. The van der Waals surface area contributed by atoms with Crippen molar-refractivity contribution in [1.82, 2.24) is 10.2 Å². The zero-order valence-electron chi connectivity index (χ0n) is 19.9. The first-order valence-corrected chi connectivity index (χ1v) is 11.9. The minimum atomic E-state index is -1.05. The van der Waals surface area contributed by atoms with Crippen LogP contribution >= 0.6 is 0 Å². The second-order valence-electron chi connectivity index (χ2n) is 9.64. The number of carboxylic acids is 1. The Bertz CT molecular complexity index is 1030. The van der Waals surface area contributed by atoms with Gasteiger partial charge in [-0.15, -0.1) is 0 Å². The van der Waals surface area contributed by atoms with Gasteiger partial charge in [0.1, 0.15) is 18.7 Å². The first-order valence-electron chi connectivity index (χ1n) is 11.9. The number of nitrogens with one attached hydrogen (secondary N) is 1. The van der Waals surface area contributed by atoms with Crippen molar-refractivity contribution >= 4 is 18.0 Å². The maximum absolute atomic E-state index is 13.3. The van der Waals surface area contributed by atoms with E-state index in [9.17, 15) is 19.5 Å². The number of benzene rings is 2. The van der Waals surface area contributed by atoms with Crippen LogP contribution in [-0.4, -0.2) is 52.7 Å². The van der Waals surface area contributed by atoms with Gasteiger partial charge in [0, 0.05) is 12.0 Å². The molecule has 34 heavy (non-hydrogen) atoms. The summed E-state index contributed by atoms with van der Waals surface area (Å²) in [5, 5.41) is 12.2. The highest BCUT2D eigenvalue weighted by Crippen LogP contribution is 2.44. The van der Waals surface area contributed by atoms with E-state index in [0.717, 1.165) is 35.1 Å². The number of aliphatic carboxylic acids is 1. The quantitative estimate of drug-likeness (QED) is 0.573. The molecule has 2 aliphatic rings. The fraction of sp³-hybridized carbons (Fsp3) is 0.444. The number of amides is 2. The number of nitrogens with zero attached hydrogens (tertiary/aromatic N) is 1. The number of rotatable bonds is 9. The molecule has 2 aromatic rings. The van der Waals surface area contributed by atoms with Crippen molar-refractivity contribution < 1.29 is 24.2 Å². The lowest BCUT2D eigenvalue weighted by atomic mass is 9.98. The van der Waals surface area contributed by atoms with Gasteiger partial charge in [-0.25, -0.2) is 9.59 Å². The Hall–Kier alpha value is -3.35. The molecule has 2 N–H and O–H groups in total. The Labute approximate surface area is 200 Å². The third kappa shape index (κ3) is 4.93. The van der Waals surface area contributed by atoms with E-state index in [-0.39, 0.29) is 30.4 Å². The molecular formula is C27H32N2O5. The molecule has 2 aliphatic carbocycles. The SMILES string of the molecule is CC(C)C[C@@H](NC(=O)OCC1c2ccccc2-c2ccccc21)C(=O)N(C1CC1)C(C)C(=O)O. The van der Waals surface area contributed by atoms with Gasteiger partial charge < -0.3 is 20.1 Å². The van der Waals surface area contributed by atoms with Crippen LogP contribution in [0.2, 0.25) is 0 Å².